The molecule has 3 nitrogen and oxygen atoms in total. The number of benzene rings is 1. The van der Waals surface area contributed by atoms with E-state index in [0.29, 0.717) is 5.75 Å². The summed E-state index contributed by atoms with van der Waals surface area (Å²) in [7, 11) is 1.50. The fourth-order valence-electron chi connectivity index (χ4n) is 2.39. The van der Waals surface area contributed by atoms with Gasteiger partial charge in [0.05, 0.1) is 7.11 Å². The smallest absolute Gasteiger partial charge is 0.165 e. The Morgan fingerprint density at radius 2 is 1.94 bits per heavy atom. The van der Waals surface area contributed by atoms with E-state index in [1.807, 2.05) is 6.07 Å². The number of ether oxygens (including phenoxy) is 1. The predicted molar refractivity (Wildman–Crippen MR) is 71.9 cm³/mol. The standard InChI is InChI=1S/C14H21FN2O/c1-3-6-16-7-9-17(10-8-16)12-4-5-13(15)14(11-12)18-2/h4-5,11H,3,6-10H2,1-2H3. The number of rotatable bonds is 4. The van der Waals surface area contributed by atoms with Crippen molar-refractivity contribution in [2.24, 2.45) is 0 Å². The maximum absolute atomic E-state index is 13.3. The van der Waals surface area contributed by atoms with Gasteiger partial charge >= 0.3 is 0 Å². The number of nitrogens with zero attached hydrogens (tertiary/aromatic N) is 2. The zero-order chi connectivity index (χ0) is 13.0. The van der Waals surface area contributed by atoms with Gasteiger partial charge in [0.15, 0.2) is 11.6 Å². The molecule has 0 spiro atoms. The first-order chi connectivity index (χ1) is 8.74. The summed E-state index contributed by atoms with van der Waals surface area (Å²) in [6, 6.07) is 5.09. The molecule has 18 heavy (non-hydrogen) atoms. The molecule has 0 saturated carbocycles. The van der Waals surface area contributed by atoms with Gasteiger partial charge in [0.2, 0.25) is 0 Å². The zero-order valence-electron chi connectivity index (χ0n) is 11.2. The maximum atomic E-state index is 13.3. The Morgan fingerprint density at radius 1 is 1.22 bits per heavy atom. The van der Waals surface area contributed by atoms with Crippen molar-refractivity contribution in [1.29, 1.82) is 0 Å². The minimum Gasteiger partial charge on any atom is -0.494 e. The monoisotopic (exact) mass is 252 g/mol. The van der Waals surface area contributed by atoms with Gasteiger partial charge in [-0.05, 0) is 25.1 Å². The van der Waals surface area contributed by atoms with Gasteiger partial charge in [-0.1, -0.05) is 6.92 Å². The Balaban J connectivity index is 2.01. The molecule has 0 aliphatic carbocycles. The largest absolute Gasteiger partial charge is 0.494 e. The highest BCUT2D eigenvalue weighted by molar-refractivity contribution is 5.51. The Morgan fingerprint density at radius 3 is 2.56 bits per heavy atom. The summed E-state index contributed by atoms with van der Waals surface area (Å²) in [6.45, 7) is 7.52. The van der Waals surface area contributed by atoms with E-state index in [-0.39, 0.29) is 5.82 Å². The van der Waals surface area contributed by atoms with Gasteiger partial charge in [-0.15, -0.1) is 0 Å². The van der Waals surface area contributed by atoms with Gasteiger partial charge in [0.1, 0.15) is 0 Å². The van der Waals surface area contributed by atoms with E-state index in [1.54, 1.807) is 6.07 Å². The highest BCUT2D eigenvalue weighted by Crippen LogP contribution is 2.25. The summed E-state index contributed by atoms with van der Waals surface area (Å²) in [5.41, 5.74) is 1.05. The lowest BCUT2D eigenvalue weighted by Crippen LogP contribution is -2.46. The van der Waals surface area contributed by atoms with Crippen LogP contribution >= 0.6 is 0 Å². The third-order valence-corrected chi connectivity index (χ3v) is 3.41. The van der Waals surface area contributed by atoms with Crippen molar-refractivity contribution in [2.45, 2.75) is 13.3 Å². The van der Waals surface area contributed by atoms with Crippen LogP contribution in [0, 0.1) is 5.82 Å². The maximum Gasteiger partial charge on any atom is 0.165 e. The highest BCUT2D eigenvalue weighted by atomic mass is 19.1. The first kappa shape index (κ1) is 13.1. The second kappa shape index (κ2) is 6.05. The topological polar surface area (TPSA) is 15.7 Å². The van der Waals surface area contributed by atoms with Crippen molar-refractivity contribution in [2.75, 3.05) is 44.7 Å². The van der Waals surface area contributed by atoms with Crippen LogP contribution in [0.1, 0.15) is 13.3 Å². The van der Waals surface area contributed by atoms with Crippen molar-refractivity contribution < 1.29 is 9.13 Å². The van der Waals surface area contributed by atoms with Gasteiger partial charge in [-0.2, -0.15) is 0 Å². The van der Waals surface area contributed by atoms with E-state index in [2.05, 4.69) is 16.7 Å². The van der Waals surface area contributed by atoms with E-state index < -0.39 is 0 Å². The van der Waals surface area contributed by atoms with Gasteiger partial charge in [0.25, 0.3) is 0 Å². The average molecular weight is 252 g/mol. The Labute approximate surface area is 108 Å². The van der Waals surface area contributed by atoms with Crippen LogP contribution < -0.4 is 9.64 Å². The van der Waals surface area contributed by atoms with Crippen molar-refractivity contribution in [1.82, 2.24) is 4.90 Å². The molecule has 1 aromatic rings. The molecule has 4 heteroatoms. The summed E-state index contributed by atoms with van der Waals surface area (Å²) >= 11 is 0. The fourth-order valence-corrected chi connectivity index (χ4v) is 2.39. The molecule has 100 valence electrons. The van der Waals surface area contributed by atoms with Gasteiger partial charge < -0.3 is 9.64 Å². The number of methoxy groups -OCH3 is 1. The van der Waals surface area contributed by atoms with Crippen LogP contribution in [0.25, 0.3) is 0 Å². The second-order valence-corrected chi connectivity index (χ2v) is 4.65. The summed E-state index contributed by atoms with van der Waals surface area (Å²) in [4.78, 5) is 4.76. The van der Waals surface area contributed by atoms with Crippen LogP contribution in [0.2, 0.25) is 0 Å². The van der Waals surface area contributed by atoms with Gasteiger partial charge in [-0.3, -0.25) is 4.90 Å². The third-order valence-electron chi connectivity index (χ3n) is 3.41. The Hall–Kier alpha value is -1.29. The Bertz CT molecular complexity index is 389. The highest BCUT2D eigenvalue weighted by Gasteiger charge is 2.17. The summed E-state index contributed by atoms with van der Waals surface area (Å²) in [5.74, 6) is 0.0226. The van der Waals surface area contributed by atoms with Crippen LogP contribution in [0.15, 0.2) is 18.2 Å². The van der Waals surface area contributed by atoms with Gasteiger partial charge in [0, 0.05) is 37.9 Å². The number of anilines is 1. The molecule has 0 unspecified atom stereocenters. The van der Waals surface area contributed by atoms with Gasteiger partial charge in [-0.25, -0.2) is 4.39 Å². The molecule has 1 aliphatic heterocycles. The lowest BCUT2D eigenvalue weighted by molar-refractivity contribution is 0.258. The van der Waals surface area contributed by atoms with E-state index in [9.17, 15) is 4.39 Å². The summed E-state index contributed by atoms with van der Waals surface area (Å²) < 4.78 is 18.4. The molecule has 0 aromatic heterocycles. The normalized spacial score (nSPS) is 16.9. The quantitative estimate of drug-likeness (QED) is 0.818. The molecule has 1 aromatic carbocycles. The molecular formula is C14H21FN2O. The molecule has 0 radical (unpaired) electrons. The molecule has 0 bridgehead atoms. The Kier molecular flexibility index (Phi) is 4.42. The van der Waals surface area contributed by atoms with E-state index in [4.69, 9.17) is 4.74 Å². The number of piperazine rings is 1. The van der Waals surface area contributed by atoms with Crippen LogP contribution in [0.4, 0.5) is 10.1 Å². The molecule has 0 atom stereocenters. The first-order valence-electron chi connectivity index (χ1n) is 6.55. The van der Waals surface area contributed by atoms with E-state index >= 15 is 0 Å². The van der Waals surface area contributed by atoms with Crippen LogP contribution in [0.5, 0.6) is 5.75 Å². The molecule has 1 heterocycles. The number of hydrogen-bond donors (Lipinski definition) is 0. The van der Waals surface area contributed by atoms with Crippen molar-refractivity contribution in [3.8, 4) is 5.75 Å². The van der Waals surface area contributed by atoms with Crippen molar-refractivity contribution in [3.63, 3.8) is 0 Å². The molecule has 1 fully saturated rings. The van der Waals surface area contributed by atoms with Crippen molar-refractivity contribution >= 4 is 5.69 Å². The minimum atomic E-state index is -0.300. The third kappa shape index (κ3) is 2.93. The zero-order valence-corrected chi connectivity index (χ0v) is 11.2. The lowest BCUT2D eigenvalue weighted by atomic mass is 10.2. The number of halogens is 1. The SMILES string of the molecule is CCCN1CCN(c2ccc(F)c(OC)c2)CC1. The molecule has 0 amide bonds. The number of hydrogen-bond acceptors (Lipinski definition) is 3. The van der Waals surface area contributed by atoms with Crippen LogP contribution in [0.3, 0.4) is 0 Å². The molecule has 1 saturated heterocycles. The van der Waals surface area contributed by atoms with E-state index in [1.165, 1.54) is 26.1 Å². The van der Waals surface area contributed by atoms with Crippen molar-refractivity contribution in [3.05, 3.63) is 24.0 Å². The lowest BCUT2D eigenvalue weighted by Gasteiger charge is -2.36. The molecule has 2 rings (SSSR count). The molecular weight excluding hydrogens is 231 g/mol. The van der Waals surface area contributed by atoms with Crippen LogP contribution in [-0.2, 0) is 0 Å². The first-order valence-corrected chi connectivity index (χ1v) is 6.55. The molecule has 0 N–H and O–H groups in total. The second-order valence-electron chi connectivity index (χ2n) is 4.65. The summed E-state index contributed by atoms with van der Waals surface area (Å²) in [6.07, 6.45) is 1.20. The average Bonchev–Trinajstić information content (AvgIpc) is 2.41. The van der Waals surface area contributed by atoms with Crippen LogP contribution in [-0.4, -0.2) is 44.7 Å². The minimum absolute atomic E-state index is 0.300. The summed E-state index contributed by atoms with van der Waals surface area (Å²) in [5, 5.41) is 0. The predicted octanol–water partition coefficient (Wildman–Crippen LogP) is 2.37. The van der Waals surface area contributed by atoms with E-state index in [0.717, 1.165) is 31.9 Å². The fraction of sp³-hybridized carbons (Fsp3) is 0.571. The molecule has 1 aliphatic rings.